The van der Waals surface area contributed by atoms with E-state index in [2.05, 4.69) is 10.6 Å². The third-order valence-electron chi connectivity index (χ3n) is 2.85. The number of amides is 2. The van der Waals surface area contributed by atoms with Crippen LogP contribution < -0.4 is 10.6 Å². The van der Waals surface area contributed by atoms with Crippen LogP contribution in [0.3, 0.4) is 0 Å². The lowest BCUT2D eigenvalue weighted by Crippen LogP contribution is -2.31. The van der Waals surface area contributed by atoms with Gasteiger partial charge in [0.05, 0.1) is 17.3 Å². The summed E-state index contributed by atoms with van der Waals surface area (Å²) < 4.78 is 13.2. The summed E-state index contributed by atoms with van der Waals surface area (Å²) in [5.41, 5.74) is 0.681. The number of nitrogens with one attached hydrogen (secondary N) is 2. The van der Waals surface area contributed by atoms with Gasteiger partial charge in [-0.1, -0.05) is 0 Å². The van der Waals surface area contributed by atoms with Crippen LogP contribution in [-0.2, 0) is 0 Å². The van der Waals surface area contributed by atoms with Crippen LogP contribution in [0.4, 0.5) is 14.9 Å². The number of urea groups is 1. The van der Waals surface area contributed by atoms with Crippen molar-refractivity contribution in [2.45, 2.75) is 13.0 Å². The molecule has 1 heterocycles. The topological polar surface area (TPSA) is 78.4 Å². The van der Waals surface area contributed by atoms with E-state index in [-0.39, 0.29) is 17.3 Å². The van der Waals surface area contributed by atoms with E-state index in [4.69, 9.17) is 5.11 Å². The summed E-state index contributed by atoms with van der Waals surface area (Å²) in [6.45, 7) is 1.80. The fourth-order valence-electron chi connectivity index (χ4n) is 1.77. The zero-order valence-electron chi connectivity index (χ0n) is 11.1. The van der Waals surface area contributed by atoms with Crippen molar-refractivity contribution in [3.05, 3.63) is 52.0 Å². The maximum absolute atomic E-state index is 13.2. The number of aromatic carboxylic acids is 1. The normalized spacial score (nSPS) is 11.7. The molecular formula is C14H13FN2O3S. The highest BCUT2D eigenvalue weighted by atomic mass is 32.1. The number of benzene rings is 1. The highest BCUT2D eigenvalue weighted by Crippen LogP contribution is 2.19. The molecule has 0 aliphatic rings. The molecule has 1 atom stereocenters. The monoisotopic (exact) mass is 308 g/mol. The second-order valence-electron chi connectivity index (χ2n) is 4.37. The molecule has 2 amide bonds. The standard InChI is InChI=1S/C14H13FN2O3S/c1-8(9-4-5-21-7-9)16-14(20)17-12-6-10(15)2-3-11(12)13(18)19/h2-8H,1H3,(H,18,19)(H2,16,17,20). The van der Waals surface area contributed by atoms with Crippen molar-refractivity contribution in [1.29, 1.82) is 0 Å². The Morgan fingerprint density at radius 1 is 1.33 bits per heavy atom. The van der Waals surface area contributed by atoms with Crippen molar-refractivity contribution in [3.8, 4) is 0 Å². The molecule has 5 nitrogen and oxygen atoms in total. The van der Waals surface area contributed by atoms with Crippen LogP contribution in [0.15, 0.2) is 35.0 Å². The van der Waals surface area contributed by atoms with Crippen LogP contribution in [0.1, 0.15) is 28.9 Å². The van der Waals surface area contributed by atoms with Gasteiger partial charge in [-0.05, 0) is 47.5 Å². The van der Waals surface area contributed by atoms with Crippen LogP contribution in [0, 0.1) is 5.82 Å². The third kappa shape index (κ3) is 3.79. The maximum atomic E-state index is 13.2. The Morgan fingerprint density at radius 3 is 2.71 bits per heavy atom. The minimum Gasteiger partial charge on any atom is -0.478 e. The zero-order chi connectivity index (χ0) is 15.4. The molecule has 0 aliphatic heterocycles. The van der Waals surface area contributed by atoms with Gasteiger partial charge in [0.15, 0.2) is 0 Å². The van der Waals surface area contributed by atoms with Crippen LogP contribution in [0.25, 0.3) is 0 Å². The van der Waals surface area contributed by atoms with Crippen molar-refractivity contribution in [2.24, 2.45) is 0 Å². The first-order chi connectivity index (χ1) is 9.97. The molecule has 0 saturated carbocycles. The lowest BCUT2D eigenvalue weighted by molar-refractivity contribution is 0.0698. The van der Waals surface area contributed by atoms with E-state index < -0.39 is 17.8 Å². The lowest BCUT2D eigenvalue weighted by Gasteiger charge is -2.14. The molecule has 3 N–H and O–H groups in total. The number of anilines is 1. The van der Waals surface area contributed by atoms with Gasteiger partial charge in [-0.3, -0.25) is 0 Å². The number of carbonyl (C=O) groups excluding carboxylic acids is 1. The van der Waals surface area contributed by atoms with Gasteiger partial charge >= 0.3 is 12.0 Å². The number of rotatable bonds is 4. The Bertz CT molecular complexity index is 658. The summed E-state index contributed by atoms with van der Waals surface area (Å²) in [5, 5.41) is 17.8. The predicted molar refractivity (Wildman–Crippen MR) is 78.2 cm³/mol. The quantitative estimate of drug-likeness (QED) is 0.809. The molecule has 0 fully saturated rings. The van der Waals surface area contributed by atoms with Crippen molar-refractivity contribution in [2.75, 3.05) is 5.32 Å². The molecule has 0 bridgehead atoms. The third-order valence-corrected chi connectivity index (χ3v) is 3.55. The summed E-state index contributed by atoms with van der Waals surface area (Å²) in [4.78, 5) is 22.9. The molecule has 2 rings (SSSR count). The second-order valence-corrected chi connectivity index (χ2v) is 5.15. The molecule has 21 heavy (non-hydrogen) atoms. The Morgan fingerprint density at radius 2 is 2.10 bits per heavy atom. The summed E-state index contributed by atoms with van der Waals surface area (Å²) >= 11 is 1.51. The summed E-state index contributed by atoms with van der Waals surface area (Å²) in [6.07, 6.45) is 0. The zero-order valence-corrected chi connectivity index (χ0v) is 11.9. The van der Waals surface area contributed by atoms with Crippen LogP contribution >= 0.6 is 11.3 Å². The van der Waals surface area contributed by atoms with Crippen LogP contribution in [0.5, 0.6) is 0 Å². The first kappa shape index (κ1) is 15.0. The van der Waals surface area contributed by atoms with E-state index in [1.54, 1.807) is 6.92 Å². The fourth-order valence-corrected chi connectivity index (χ4v) is 2.52. The molecule has 1 unspecified atom stereocenters. The summed E-state index contributed by atoms with van der Waals surface area (Å²) in [7, 11) is 0. The van der Waals surface area contributed by atoms with E-state index >= 15 is 0 Å². The van der Waals surface area contributed by atoms with Crippen molar-refractivity contribution < 1.29 is 19.1 Å². The number of carboxylic acid groups (broad SMARTS) is 1. The van der Waals surface area contributed by atoms with Gasteiger partial charge in [-0.15, -0.1) is 0 Å². The molecule has 1 aromatic carbocycles. The predicted octanol–water partition coefficient (Wildman–Crippen LogP) is 3.47. The highest BCUT2D eigenvalue weighted by Gasteiger charge is 2.15. The van der Waals surface area contributed by atoms with Gasteiger partial charge in [0.1, 0.15) is 5.82 Å². The van der Waals surface area contributed by atoms with Gasteiger partial charge in [0, 0.05) is 0 Å². The molecule has 7 heteroatoms. The number of thiophene rings is 1. The molecule has 0 saturated heterocycles. The fraction of sp³-hybridized carbons (Fsp3) is 0.143. The van der Waals surface area contributed by atoms with E-state index in [1.807, 2.05) is 16.8 Å². The Kier molecular flexibility index (Phi) is 4.54. The molecule has 1 aromatic heterocycles. The largest absolute Gasteiger partial charge is 0.478 e. The molecule has 110 valence electrons. The number of halogens is 1. The number of carboxylic acids is 1. The first-order valence-electron chi connectivity index (χ1n) is 6.10. The van der Waals surface area contributed by atoms with Crippen LogP contribution in [0.2, 0.25) is 0 Å². The smallest absolute Gasteiger partial charge is 0.337 e. The Balaban J connectivity index is 2.09. The molecule has 0 spiro atoms. The minimum absolute atomic E-state index is 0.0856. The number of hydrogen-bond acceptors (Lipinski definition) is 3. The average molecular weight is 308 g/mol. The number of carbonyl (C=O) groups is 2. The summed E-state index contributed by atoms with van der Waals surface area (Å²) in [6, 6.07) is 4.15. The van der Waals surface area contributed by atoms with Crippen molar-refractivity contribution >= 4 is 29.0 Å². The SMILES string of the molecule is CC(NC(=O)Nc1cc(F)ccc1C(=O)O)c1ccsc1. The van der Waals surface area contributed by atoms with Crippen molar-refractivity contribution in [3.63, 3.8) is 0 Å². The van der Waals surface area contributed by atoms with Gasteiger partial charge in [-0.2, -0.15) is 11.3 Å². The van der Waals surface area contributed by atoms with Crippen LogP contribution in [-0.4, -0.2) is 17.1 Å². The van der Waals surface area contributed by atoms with Gasteiger partial charge in [-0.25, -0.2) is 14.0 Å². The summed E-state index contributed by atoms with van der Waals surface area (Å²) in [5.74, 6) is -1.86. The lowest BCUT2D eigenvalue weighted by atomic mass is 10.1. The van der Waals surface area contributed by atoms with Gasteiger partial charge in [0.25, 0.3) is 0 Å². The first-order valence-corrected chi connectivity index (χ1v) is 7.04. The van der Waals surface area contributed by atoms with E-state index in [0.29, 0.717) is 0 Å². The van der Waals surface area contributed by atoms with E-state index in [1.165, 1.54) is 11.3 Å². The highest BCUT2D eigenvalue weighted by molar-refractivity contribution is 7.07. The molecule has 2 aromatic rings. The van der Waals surface area contributed by atoms with Gasteiger partial charge in [0.2, 0.25) is 0 Å². The molecule has 0 aliphatic carbocycles. The number of hydrogen-bond donors (Lipinski definition) is 3. The average Bonchev–Trinajstić information content (AvgIpc) is 2.91. The Hall–Kier alpha value is -2.41. The van der Waals surface area contributed by atoms with E-state index in [0.717, 1.165) is 23.8 Å². The van der Waals surface area contributed by atoms with Crippen molar-refractivity contribution in [1.82, 2.24) is 5.32 Å². The molecule has 0 radical (unpaired) electrons. The minimum atomic E-state index is -1.24. The van der Waals surface area contributed by atoms with Gasteiger partial charge < -0.3 is 15.7 Å². The second kappa shape index (κ2) is 6.36. The van der Waals surface area contributed by atoms with E-state index in [9.17, 15) is 14.0 Å². The Labute approximate surface area is 124 Å². The maximum Gasteiger partial charge on any atom is 0.337 e. The molecular weight excluding hydrogens is 295 g/mol.